The highest BCUT2D eigenvalue weighted by Gasteiger charge is 2.16. The monoisotopic (exact) mass is 634 g/mol. The minimum atomic E-state index is -1.07. The first-order valence-electron chi connectivity index (χ1n) is 17.7. The van der Waals surface area contributed by atoms with Gasteiger partial charge in [0.1, 0.15) is 19.3 Å². The van der Waals surface area contributed by atoms with Crippen molar-refractivity contribution in [3.05, 3.63) is 48.6 Å². The summed E-state index contributed by atoms with van der Waals surface area (Å²) in [5.41, 5.74) is 0. The maximum Gasteiger partial charge on any atom is 0.305 e. The van der Waals surface area contributed by atoms with Crippen LogP contribution in [-0.4, -0.2) is 58.8 Å². The molecule has 0 aliphatic rings. The third kappa shape index (κ3) is 31.5. The minimum absolute atomic E-state index is 0.0679. The van der Waals surface area contributed by atoms with Crippen LogP contribution in [0.5, 0.6) is 0 Å². The number of aliphatic hydroxyl groups is 3. The molecule has 0 aromatic rings. The summed E-state index contributed by atoms with van der Waals surface area (Å²) < 4.78 is 10.2. The van der Waals surface area contributed by atoms with Crippen LogP contribution in [0.25, 0.3) is 0 Å². The normalized spacial score (nSPS) is 14.3. The van der Waals surface area contributed by atoms with E-state index in [4.69, 9.17) is 9.47 Å². The SMILES string of the molecule is CC/C=C\C/C=C\C/C=C\C/C=C\C[C@H](O)[C@@H](O)CCCC(=O)OC[C@@H](O)COC(=O)CCCCCCCCCCCC(C)C. The molecule has 3 N–H and O–H groups in total. The predicted molar refractivity (Wildman–Crippen MR) is 185 cm³/mol. The molecule has 7 heteroatoms. The Morgan fingerprint density at radius 1 is 0.556 bits per heavy atom. The average molecular weight is 635 g/mol. The first-order chi connectivity index (χ1) is 21.8. The summed E-state index contributed by atoms with van der Waals surface area (Å²) in [5, 5.41) is 30.3. The largest absolute Gasteiger partial charge is 0.463 e. The molecule has 0 fully saturated rings. The van der Waals surface area contributed by atoms with Crippen LogP contribution in [0, 0.1) is 5.92 Å². The summed E-state index contributed by atoms with van der Waals surface area (Å²) in [6, 6.07) is 0. The molecule has 7 nitrogen and oxygen atoms in total. The van der Waals surface area contributed by atoms with Crippen molar-refractivity contribution < 1.29 is 34.4 Å². The molecule has 0 amide bonds. The Labute approximate surface area is 274 Å². The van der Waals surface area contributed by atoms with Crippen LogP contribution >= 0.6 is 0 Å². The number of carbonyl (C=O) groups excluding carboxylic acids is 2. The molecule has 0 bridgehead atoms. The summed E-state index contributed by atoms with van der Waals surface area (Å²) in [6.07, 6.45) is 30.7. The van der Waals surface area contributed by atoms with E-state index < -0.39 is 24.3 Å². The van der Waals surface area contributed by atoms with Crippen LogP contribution in [0.1, 0.15) is 143 Å². The van der Waals surface area contributed by atoms with Gasteiger partial charge in [-0.3, -0.25) is 9.59 Å². The van der Waals surface area contributed by atoms with Gasteiger partial charge in [-0.05, 0) is 57.3 Å². The molecule has 0 heterocycles. The predicted octanol–water partition coefficient (Wildman–Crippen LogP) is 8.47. The van der Waals surface area contributed by atoms with Crippen LogP contribution < -0.4 is 0 Å². The number of hydrogen-bond acceptors (Lipinski definition) is 7. The first-order valence-corrected chi connectivity index (χ1v) is 17.7. The number of rotatable bonds is 30. The Bertz CT molecular complexity index is 815. The molecule has 0 radical (unpaired) electrons. The zero-order chi connectivity index (χ0) is 33.4. The number of carbonyl (C=O) groups is 2. The number of unbranched alkanes of at least 4 members (excludes halogenated alkanes) is 8. The quantitative estimate of drug-likeness (QED) is 0.0413. The van der Waals surface area contributed by atoms with Crippen LogP contribution in [0.3, 0.4) is 0 Å². The average Bonchev–Trinajstić information content (AvgIpc) is 3.01. The molecule has 260 valence electrons. The number of esters is 2. The second-order valence-corrected chi connectivity index (χ2v) is 12.4. The fourth-order valence-corrected chi connectivity index (χ4v) is 4.65. The molecule has 0 saturated carbocycles. The van der Waals surface area contributed by atoms with Gasteiger partial charge in [0.15, 0.2) is 0 Å². The Kier molecular flexibility index (Phi) is 30.2. The molecule has 0 aromatic heterocycles. The van der Waals surface area contributed by atoms with Gasteiger partial charge in [-0.2, -0.15) is 0 Å². The fourth-order valence-electron chi connectivity index (χ4n) is 4.65. The van der Waals surface area contributed by atoms with Gasteiger partial charge in [0.05, 0.1) is 12.2 Å². The lowest BCUT2D eigenvalue weighted by molar-refractivity contribution is -0.152. The second kappa shape index (κ2) is 31.7. The first kappa shape index (κ1) is 42.8. The molecule has 0 aliphatic carbocycles. The second-order valence-electron chi connectivity index (χ2n) is 12.4. The maximum atomic E-state index is 12.0. The van der Waals surface area contributed by atoms with Crippen LogP contribution in [0.15, 0.2) is 48.6 Å². The number of aliphatic hydroxyl groups excluding tert-OH is 3. The van der Waals surface area contributed by atoms with Crippen molar-refractivity contribution in [3.8, 4) is 0 Å². The standard InChI is InChI=1S/C38H66O7/c1-4-5-6-7-8-9-10-11-14-17-20-23-27-35(40)36(41)28-25-30-38(43)45-32-34(39)31-44-37(42)29-24-21-18-15-12-13-16-19-22-26-33(2)3/h5-6,8-9,11,14,20,23,33-36,39-41H,4,7,10,12-13,15-19,21-22,24-32H2,1-3H3/b6-5-,9-8-,14-11-,23-20-/t34-,35-,36-/m0/s1. The maximum absolute atomic E-state index is 12.0. The topological polar surface area (TPSA) is 113 Å². The highest BCUT2D eigenvalue weighted by Crippen LogP contribution is 2.14. The van der Waals surface area contributed by atoms with E-state index in [1.807, 2.05) is 12.2 Å². The van der Waals surface area contributed by atoms with Gasteiger partial charge in [-0.1, -0.05) is 127 Å². The summed E-state index contributed by atoms with van der Waals surface area (Å²) in [4.78, 5) is 23.9. The van der Waals surface area contributed by atoms with Crippen molar-refractivity contribution in [3.63, 3.8) is 0 Å². The Morgan fingerprint density at radius 3 is 1.51 bits per heavy atom. The van der Waals surface area contributed by atoms with Crippen molar-refractivity contribution in [1.82, 2.24) is 0 Å². The molecule has 0 rings (SSSR count). The van der Waals surface area contributed by atoms with Crippen molar-refractivity contribution in [1.29, 1.82) is 0 Å². The van der Waals surface area contributed by atoms with E-state index in [-0.39, 0.29) is 32.0 Å². The van der Waals surface area contributed by atoms with E-state index in [1.54, 1.807) is 0 Å². The molecule has 0 spiro atoms. The lowest BCUT2D eigenvalue weighted by atomic mass is 10.0. The Hall–Kier alpha value is -2.22. The van der Waals surface area contributed by atoms with Crippen molar-refractivity contribution in [2.75, 3.05) is 13.2 Å². The van der Waals surface area contributed by atoms with Crippen molar-refractivity contribution in [2.24, 2.45) is 5.92 Å². The third-order valence-electron chi connectivity index (χ3n) is 7.46. The van der Waals surface area contributed by atoms with E-state index in [1.165, 1.54) is 44.9 Å². The van der Waals surface area contributed by atoms with Crippen LogP contribution in [0.4, 0.5) is 0 Å². The summed E-state index contributed by atoms with van der Waals surface area (Å²) >= 11 is 0. The number of ether oxygens (including phenoxy) is 2. The molecule has 0 unspecified atom stereocenters. The lowest BCUT2D eigenvalue weighted by Gasteiger charge is -2.16. The zero-order valence-electron chi connectivity index (χ0n) is 28.8. The van der Waals surface area contributed by atoms with E-state index in [0.29, 0.717) is 19.3 Å². The van der Waals surface area contributed by atoms with Crippen molar-refractivity contribution >= 4 is 11.9 Å². The number of hydrogen-bond donors (Lipinski definition) is 3. The van der Waals surface area contributed by atoms with Gasteiger partial charge in [0, 0.05) is 12.8 Å². The molecule has 0 aliphatic heterocycles. The highest BCUT2D eigenvalue weighted by molar-refractivity contribution is 5.69. The zero-order valence-corrected chi connectivity index (χ0v) is 28.8. The molecular formula is C38H66O7. The summed E-state index contributed by atoms with van der Waals surface area (Å²) in [6.45, 7) is 6.22. The molecule has 0 saturated heterocycles. The van der Waals surface area contributed by atoms with Crippen LogP contribution in [-0.2, 0) is 19.1 Å². The Morgan fingerprint density at radius 2 is 1.00 bits per heavy atom. The molecular weight excluding hydrogens is 568 g/mol. The van der Waals surface area contributed by atoms with E-state index in [0.717, 1.165) is 50.9 Å². The van der Waals surface area contributed by atoms with Gasteiger partial charge in [0.25, 0.3) is 0 Å². The van der Waals surface area contributed by atoms with Gasteiger partial charge in [-0.25, -0.2) is 0 Å². The van der Waals surface area contributed by atoms with E-state index >= 15 is 0 Å². The van der Waals surface area contributed by atoms with E-state index in [9.17, 15) is 24.9 Å². The van der Waals surface area contributed by atoms with Crippen LogP contribution in [0.2, 0.25) is 0 Å². The highest BCUT2D eigenvalue weighted by atomic mass is 16.6. The minimum Gasteiger partial charge on any atom is -0.463 e. The summed E-state index contributed by atoms with van der Waals surface area (Å²) in [7, 11) is 0. The Balaban J connectivity index is 3.74. The molecule has 3 atom stereocenters. The smallest absolute Gasteiger partial charge is 0.305 e. The number of allylic oxidation sites excluding steroid dienone is 7. The van der Waals surface area contributed by atoms with Gasteiger partial charge < -0.3 is 24.8 Å². The van der Waals surface area contributed by atoms with Gasteiger partial charge in [0.2, 0.25) is 0 Å². The van der Waals surface area contributed by atoms with Crippen molar-refractivity contribution in [2.45, 2.75) is 161 Å². The van der Waals surface area contributed by atoms with Gasteiger partial charge >= 0.3 is 11.9 Å². The molecule has 45 heavy (non-hydrogen) atoms. The summed E-state index contributed by atoms with van der Waals surface area (Å²) in [5.74, 6) is -0.0465. The fraction of sp³-hybridized carbons (Fsp3) is 0.737. The van der Waals surface area contributed by atoms with Gasteiger partial charge in [-0.15, -0.1) is 0 Å². The van der Waals surface area contributed by atoms with E-state index in [2.05, 4.69) is 57.2 Å². The molecule has 0 aromatic carbocycles. The third-order valence-corrected chi connectivity index (χ3v) is 7.46. The lowest BCUT2D eigenvalue weighted by Crippen LogP contribution is -2.26.